The van der Waals surface area contributed by atoms with E-state index in [2.05, 4.69) is 11.2 Å². The summed E-state index contributed by atoms with van der Waals surface area (Å²) >= 11 is 6.52. The molecule has 0 amide bonds. The van der Waals surface area contributed by atoms with Crippen molar-refractivity contribution in [3.63, 3.8) is 0 Å². The van der Waals surface area contributed by atoms with Gasteiger partial charge in [-0.1, -0.05) is 54.1 Å². The molecule has 7 nitrogen and oxygen atoms in total. The second kappa shape index (κ2) is 8.08. The summed E-state index contributed by atoms with van der Waals surface area (Å²) in [6.45, 7) is 0. The normalized spacial score (nSPS) is 17.8. The Kier molecular flexibility index (Phi) is 5.08. The molecule has 0 spiro atoms. The van der Waals surface area contributed by atoms with Crippen LogP contribution in [0.25, 0.3) is 11.3 Å². The van der Waals surface area contributed by atoms with Crippen molar-refractivity contribution in [3.05, 3.63) is 99.6 Å². The SMILES string of the molecule is N#CC1=C(N)OC2=C(C=C(c3c(N)nn(-c4ccccc4)c3N)CC2)C1c1ccccc1Cl. The maximum absolute atomic E-state index is 9.87. The van der Waals surface area contributed by atoms with Gasteiger partial charge in [-0.15, -0.1) is 5.10 Å². The van der Waals surface area contributed by atoms with E-state index in [4.69, 9.17) is 33.5 Å². The zero-order chi connectivity index (χ0) is 23.1. The number of nitrogens with zero attached hydrogens (tertiary/aromatic N) is 3. The van der Waals surface area contributed by atoms with Crippen LogP contribution in [0.2, 0.25) is 5.02 Å². The number of allylic oxidation sites excluding steroid dienone is 5. The number of aromatic nitrogens is 2. The first-order valence-corrected chi connectivity index (χ1v) is 10.8. The number of nitriles is 1. The summed E-state index contributed by atoms with van der Waals surface area (Å²) in [4.78, 5) is 0. The Labute approximate surface area is 196 Å². The van der Waals surface area contributed by atoms with E-state index in [0.717, 1.165) is 22.4 Å². The molecule has 0 fully saturated rings. The van der Waals surface area contributed by atoms with Gasteiger partial charge in [0.15, 0.2) is 5.82 Å². The lowest BCUT2D eigenvalue weighted by atomic mass is 9.78. The molecule has 2 aliphatic rings. The molecule has 3 aromatic rings. The van der Waals surface area contributed by atoms with Gasteiger partial charge in [-0.2, -0.15) is 5.26 Å². The third-order valence-electron chi connectivity index (χ3n) is 5.98. The van der Waals surface area contributed by atoms with E-state index in [9.17, 15) is 5.26 Å². The lowest BCUT2D eigenvalue weighted by Crippen LogP contribution is -2.22. The highest BCUT2D eigenvalue weighted by molar-refractivity contribution is 6.31. The van der Waals surface area contributed by atoms with Crippen LogP contribution in [-0.2, 0) is 4.74 Å². The topological polar surface area (TPSA) is 129 Å². The van der Waals surface area contributed by atoms with E-state index in [1.165, 1.54) is 0 Å². The number of para-hydroxylation sites is 1. The summed E-state index contributed by atoms with van der Waals surface area (Å²) in [6, 6.07) is 19.2. The lowest BCUT2D eigenvalue weighted by molar-refractivity contribution is 0.266. The Balaban J connectivity index is 1.65. The van der Waals surface area contributed by atoms with Gasteiger partial charge in [0.1, 0.15) is 23.2 Å². The smallest absolute Gasteiger partial charge is 0.205 e. The highest BCUT2D eigenvalue weighted by Crippen LogP contribution is 2.47. The average Bonchev–Trinajstić information content (AvgIpc) is 3.13. The number of benzene rings is 2. The van der Waals surface area contributed by atoms with Gasteiger partial charge in [0, 0.05) is 17.0 Å². The fourth-order valence-electron chi connectivity index (χ4n) is 4.47. The molecule has 0 saturated heterocycles. The van der Waals surface area contributed by atoms with Gasteiger partial charge in [-0.25, -0.2) is 4.68 Å². The minimum atomic E-state index is -0.450. The summed E-state index contributed by atoms with van der Waals surface area (Å²) < 4.78 is 7.48. The van der Waals surface area contributed by atoms with Gasteiger partial charge in [0.25, 0.3) is 0 Å². The van der Waals surface area contributed by atoms with Crippen molar-refractivity contribution in [2.75, 3.05) is 11.5 Å². The van der Waals surface area contributed by atoms with E-state index >= 15 is 0 Å². The molecular formula is C25H21ClN6O. The molecule has 0 bridgehead atoms. The zero-order valence-electron chi connectivity index (χ0n) is 17.6. The largest absolute Gasteiger partial charge is 0.445 e. The Morgan fingerprint density at radius 1 is 1.03 bits per heavy atom. The van der Waals surface area contributed by atoms with Crippen molar-refractivity contribution in [1.82, 2.24) is 9.78 Å². The van der Waals surface area contributed by atoms with Crippen molar-refractivity contribution in [1.29, 1.82) is 5.26 Å². The highest BCUT2D eigenvalue weighted by atomic mass is 35.5. The molecular weight excluding hydrogens is 436 g/mol. The van der Waals surface area contributed by atoms with Crippen molar-refractivity contribution < 1.29 is 4.74 Å². The Morgan fingerprint density at radius 3 is 2.48 bits per heavy atom. The minimum Gasteiger partial charge on any atom is -0.445 e. The average molecular weight is 457 g/mol. The number of ether oxygens (including phenoxy) is 1. The maximum Gasteiger partial charge on any atom is 0.205 e. The molecule has 6 N–H and O–H groups in total. The summed E-state index contributed by atoms with van der Waals surface area (Å²) in [6.07, 6.45) is 3.20. The molecule has 5 rings (SSSR count). The Morgan fingerprint density at radius 2 is 1.76 bits per heavy atom. The first-order valence-electron chi connectivity index (χ1n) is 10.4. The number of rotatable bonds is 3. The monoisotopic (exact) mass is 456 g/mol. The van der Waals surface area contributed by atoms with Gasteiger partial charge in [-0.05, 0) is 35.8 Å². The van der Waals surface area contributed by atoms with E-state index in [1.807, 2.05) is 54.6 Å². The van der Waals surface area contributed by atoms with Crippen LogP contribution < -0.4 is 17.2 Å². The van der Waals surface area contributed by atoms with Crippen molar-refractivity contribution in [2.24, 2.45) is 5.73 Å². The van der Waals surface area contributed by atoms with E-state index < -0.39 is 5.92 Å². The predicted octanol–water partition coefficient (Wildman–Crippen LogP) is 4.63. The van der Waals surface area contributed by atoms with Gasteiger partial charge in [-0.3, -0.25) is 0 Å². The molecule has 0 saturated carbocycles. The van der Waals surface area contributed by atoms with Gasteiger partial charge in [0.2, 0.25) is 5.88 Å². The van der Waals surface area contributed by atoms with Gasteiger partial charge < -0.3 is 21.9 Å². The molecule has 1 aliphatic carbocycles. The first kappa shape index (κ1) is 20.7. The molecule has 2 heterocycles. The van der Waals surface area contributed by atoms with Crippen LogP contribution in [0.1, 0.15) is 29.9 Å². The lowest BCUT2D eigenvalue weighted by Gasteiger charge is -2.31. The number of nitrogens with two attached hydrogens (primary N) is 3. The van der Waals surface area contributed by atoms with Crippen molar-refractivity contribution >= 4 is 28.8 Å². The van der Waals surface area contributed by atoms with Gasteiger partial charge in [0.05, 0.1) is 17.2 Å². The quantitative estimate of drug-likeness (QED) is 0.527. The van der Waals surface area contributed by atoms with Crippen LogP contribution in [0.4, 0.5) is 11.6 Å². The van der Waals surface area contributed by atoms with Crippen LogP contribution in [0, 0.1) is 11.3 Å². The van der Waals surface area contributed by atoms with Crippen LogP contribution >= 0.6 is 11.6 Å². The third-order valence-corrected chi connectivity index (χ3v) is 6.32. The zero-order valence-corrected chi connectivity index (χ0v) is 18.4. The molecule has 164 valence electrons. The number of anilines is 2. The van der Waals surface area contributed by atoms with Crippen LogP contribution in [0.3, 0.4) is 0 Å². The number of hydrogen-bond donors (Lipinski definition) is 3. The standard InChI is InChI=1S/C25H21ClN6O/c26-19-9-5-4-8-16(19)22-17-12-14(10-11-20(17)33-25(30)18(22)13-27)21-23(28)31-32(24(21)29)15-6-2-1-3-7-15/h1-9,12,22H,10-11,29-30H2,(H2,28,31). The highest BCUT2D eigenvalue weighted by Gasteiger charge is 2.35. The fourth-order valence-corrected chi connectivity index (χ4v) is 4.71. The summed E-state index contributed by atoms with van der Waals surface area (Å²) in [5, 5.41) is 14.9. The molecule has 1 aliphatic heterocycles. The second-order valence-corrected chi connectivity index (χ2v) is 8.29. The minimum absolute atomic E-state index is 0.106. The van der Waals surface area contributed by atoms with Crippen LogP contribution in [0.15, 0.2) is 83.5 Å². The van der Waals surface area contributed by atoms with E-state index in [-0.39, 0.29) is 5.88 Å². The van der Waals surface area contributed by atoms with E-state index in [1.54, 1.807) is 10.7 Å². The summed E-state index contributed by atoms with van der Waals surface area (Å²) in [5.41, 5.74) is 23.3. The molecule has 1 unspecified atom stereocenters. The Hall–Kier alpha value is -4.15. The predicted molar refractivity (Wildman–Crippen MR) is 129 cm³/mol. The number of nitrogen functional groups attached to an aromatic ring is 2. The molecule has 33 heavy (non-hydrogen) atoms. The molecule has 0 radical (unpaired) electrons. The van der Waals surface area contributed by atoms with E-state index in [0.29, 0.717) is 46.4 Å². The summed E-state index contributed by atoms with van der Waals surface area (Å²) in [5.74, 6) is 1.17. The molecule has 2 aromatic carbocycles. The Bertz CT molecular complexity index is 1390. The first-order chi connectivity index (χ1) is 16.0. The summed E-state index contributed by atoms with van der Waals surface area (Å²) in [7, 11) is 0. The van der Waals surface area contributed by atoms with Crippen molar-refractivity contribution in [2.45, 2.75) is 18.8 Å². The van der Waals surface area contributed by atoms with Gasteiger partial charge >= 0.3 is 0 Å². The number of halogens is 1. The van der Waals surface area contributed by atoms with Crippen LogP contribution in [0.5, 0.6) is 0 Å². The number of hydrogen-bond acceptors (Lipinski definition) is 6. The van der Waals surface area contributed by atoms with Crippen LogP contribution in [-0.4, -0.2) is 9.78 Å². The third kappa shape index (κ3) is 3.41. The van der Waals surface area contributed by atoms with Crippen molar-refractivity contribution in [3.8, 4) is 11.8 Å². The molecule has 1 aromatic heterocycles. The second-order valence-electron chi connectivity index (χ2n) is 7.89. The maximum atomic E-state index is 9.87. The molecule has 8 heteroatoms. The molecule has 1 atom stereocenters. The fraction of sp³-hybridized carbons (Fsp3) is 0.120.